The van der Waals surface area contributed by atoms with Gasteiger partial charge in [-0.2, -0.15) is 0 Å². The van der Waals surface area contributed by atoms with Crippen LogP contribution in [0.4, 0.5) is 0 Å². The van der Waals surface area contributed by atoms with E-state index >= 15 is 0 Å². The molecule has 0 aromatic carbocycles. The number of hydrogen-bond acceptors (Lipinski definition) is 2. The summed E-state index contributed by atoms with van der Waals surface area (Å²) in [6, 6.07) is 0. The molecule has 0 amide bonds. The van der Waals surface area contributed by atoms with Crippen molar-refractivity contribution < 1.29 is 0 Å². The lowest BCUT2D eigenvalue weighted by Crippen LogP contribution is -2.56. The van der Waals surface area contributed by atoms with Gasteiger partial charge in [0.25, 0.3) is 0 Å². The predicted molar refractivity (Wildman–Crippen MR) is 61.6 cm³/mol. The molecule has 0 atom stereocenters. The Morgan fingerprint density at radius 1 is 1.23 bits per heavy atom. The maximum absolute atomic E-state index is 3.48. The normalized spacial score (nSPS) is 20.8. The number of hydrogen-bond donors (Lipinski definition) is 0. The molecule has 1 fully saturated rings. The van der Waals surface area contributed by atoms with Crippen LogP contribution >= 0.6 is 15.9 Å². The van der Waals surface area contributed by atoms with Gasteiger partial charge in [0.1, 0.15) is 0 Å². The van der Waals surface area contributed by atoms with E-state index in [4.69, 9.17) is 0 Å². The molecule has 2 nitrogen and oxygen atoms in total. The molecule has 0 bridgehead atoms. The van der Waals surface area contributed by atoms with Crippen molar-refractivity contribution in [3.05, 3.63) is 0 Å². The average Bonchev–Trinajstić information content (AvgIpc) is 1.96. The van der Waals surface area contributed by atoms with E-state index < -0.39 is 0 Å². The second kappa shape index (κ2) is 4.76. The highest BCUT2D eigenvalue weighted by atomic mass is 79.9. The zero-order valence-electron chi connectivity index (χ0n) is 9.02. The van der Waals surface area contributed by atoms with Gasteiger partial charge in [0, 0.05) is 24.0 Å². The van der Waals surface area contributed by atoms with Gasteiger partial charge in [-0.25, -0.2) is 0 Å². The maximum atomic E-state index is 3.48. The largest absolute Gasteiger partial charge is 0.304 e. The maximum Gasteiger partial charge on any atom is 0.0330 e. The van der Waals surface area contributed by atoms with Crippen LogP contribution in [0.25, 0.3) is 0 Å². The first-order chi connectivity index (χ1) is 6.10. The van der Waals surface area contributed by atoms with Crippen LogP contribution in [0.3, 0.4) is 0 Å². The van der Waals surface area contributed by atoms with Crippen molar-refractivity contribution in [2.24, 2.45) is 0 Å². The molecule has 0 aliphatic heterocycles. The van der Waals surface area contributed by atoms with Crippen molar-refractivity contribution in [3.63, 3.8) is 0 Å². The molecule has 3 heteroatoms. The Morgan fingerprint density at radius 2 is 1.85 bits per heavy atom. The fourth-order valence-corrected chi connectivity index (χ4v) is 2.66. The number of alkyl halides is 1. The third-order valence-electron chi connectivity index (χ3n) is 3.26. The summed E-state index contributed by atoms with van der Waals surface area (Å²) in [5.41, 5.74) is 0.483. The van der Waals surface area contributed by atoms with Crippen LogP contribution in [-0.2, 0) is 0 Å². The van der Waals surface area contributed by atoms with Crippen molar-refractivity contribution in [1.29, 1.82) is 0 Å². The Bertz CT molecular complexity index is 155. The van der Waals surface area contributed by atoms with Crippen molar-refractivity contribution >= 4 is 15.9 Å². The molecule has 0 radical (unpaired) electrons. The van der Waals surface area contributed by atoms with Crippen LogP contribution in [0.1, 0.15) is 19.3 Å². The number of halogens is 1. The minimum Gasteiger partial charge on any atom is -0.304 e. The van der Waals surface area contributed by atoms with Crippen LogP contribution in [0, 0.1) is 0 Å². The second-order valence-electron chi connectivity index (χ2n) is 4.40. The molecule has 0 aromatic heterocycles. The molecule has 1 saturated carbocycles. The van der Waals surface area contributed by atoms with E-state index in [1.807, 2.05) is 0 Å². The van der Waals surface area contributed by atoms with Gasteiger partial charge in [-0.3, -0.25) is 0 Å². The molecule has 0 aromatic rings. The summed E-state index contributed by atoms with van der Waals surface area (Å²) in [6.45, 7) is 2.36. The summed E-state index contributed by atoms with van der Waals surface area (Å²) in [4.78, 5) is 4.83. The van der Waals surface area contributed by atoms with Gasteiger partial charge in [-0.1, -0.05) is 15.9 Å². The Labute approximate surface area is 90.4 Å². The first-order valence-electron chi connectivity index (χ1n) is 5.03. The Hall–Kier alpha value is 0.400. The number of rotatable bonds is 5. The van der Waals surface area contributed by atoms with Gasteiger partial charge < -0.3 is 9.80 Å². The lowest BCUT2D eigenvalue weighted by atomic mass is 9.75. The molecule has 13 heavy (non-hydrogen) atoms. The molecule has 78 valence electrons. The van der Waals surface area contributed by atoms with Crippen molar-refractivity contribution in [2.45, 2.75) is 24.8 Å². The van der Waals surface area contributed by atoms with E-state index in [0.29, 0.717) is 5.54 Å². The van der Waals surface area contributed by atoms with Crippen molar-refractivity contribution in [2.75, 3.05) is 39.6 Å². The molecule has 0 unspecified atom stereocenters. The van der Waals surface area contributed by atoms with Crippen LogP contribution < -0.4 is 0 Å². The molecule has 0 spiro atoms. The van der Waals surface area contributed by atoms with E-state index in [1.54, 1.807) is 0 Å². The minimum atomic E-state index is 0.483. The second-order valence-corrected chi connectivity index (χ2v) is 5.19. The van der Waals surface area contributed by atoms with E-state index in [9.17, 15) is 0 Å². The number of likely N-dealkylation sites (N-methyl/N-ethyl adjacent to an activating group) is 2. The quantitative estimate of drug-likeness (QED) is 0.685. The lowest BCUT2D eigenvalue weighted by molar-refractivity contribution is 0.0296. The monoisotopic (exact) mass is 248 g/mol. The fourth-order valence-electron chi connectivity index (χ4n) is 2.06. The number of nitrogens with zero attached hydrogens (tertiary/aromatic N) is 2. The van der Waals surface area contributed by atoms with Crippen molar-refractivity contribution in [3.8, 4) is 0 Å². The van der Waals surface area contributed by atoms with E-state index in [0.717, 1.165) is 11.9 Å². The highest BCUT2D eigenvalue weighted by molar-refractivity contribution is 9.09. The average molecular weight is 249 g/mol. The molecule has 0 N–H and O–H groups in total. The Balaban J connectivity index is 2.39. The van der Waals surface area contributed by atoms with E-state index in [-0.39, 0.29) is 0 Å². The Kier molecular flexibility index (Phi) is 4.20. The van der Waals surface area contributed by atoms with Crippen LogP contribution in [0.5, 0.6) is 0 Å². The SMILES string of the molecule is CN(CCBr)CC1(N(C)C)CCC1. The minimum absolute atomic E-state index is 0.483. The van der Waals surface area contributed by atoms with E-state index in [1.165, 1.54) is 25.8 Å². The zero-order chi connectivity index (χ0) is 9.90. The standard InChI is InChI=1S/C10H21BrN2/c1-12(2)10(5-4-6-10)9-13(3)8-7-11/h4-9H2,1-3H3. The summed E-state index contributed by atoms with van der Waals surface area (Å²) in [7, 11) is 6.63. The summed E-state index contributed by atoms with van der Waals surface area (Å²) in [5.74, 6) is 0. The van der Waals surface area contributed by atoms with Crippen LogP contribution in [0.2, 0.25) is 0 Å². The molecular formula is C10H21BrN2. The molecule has 0 saturated heterocycles. The topological polar surface area (TPSA) is 6.48 Å². The highest BCUT2D eigenvalue weighted by Crippen LogP contribution is 2.36. The molecule has 1 aliphatic carbocycles. The lowest BCUT2D eigenvalue weighted by Gasteiger charge is -2.49. The molecular weight excluding hydrogens is 228 g/mol. The third-order valence-corrected chi connectivity index (χ3v) is 3.62. The van der Waals surface area contributed by atoms with Gasteiger partial charge in [0.05, 0.1) is 0 Å². The zero-order valence-corrected chi connectivity index (χ0v) is 10.6. The molecule has 1 aliphatic rings. The summed E-state index contributed by atoms with van der Waals surface area (Å²) < 4.78 is 0. The third kappa shape index (κ3) is 2.67. The molecule has 1 rings (SSSR count). The van der Waals surface area contributed by atoms with Gasteiger partial charge in [0.2, 0.25) is 0 Å². The Morgan fingerprint density at radius 3 is 2.15 bits per heavy atom. The summed E-state index contributed by atoms with van der Waals surface area (Å²) in [5, 5.41) is 1.08. The first-order valence-corrected chi connectivity index (χ1v) is 6.15. The smallest absolute Gasteiger partial charge is 0.0330 e. The van der Waals surface area contributed by atoms with Gasteiger partial charge in [-0.15, -0.1) is 0 Å². The summed E-state index contributed by atoms with van der Waals surface area (Å²) >= 11 is 3.48. The van der Waals surface area contributed by atoms with Gasteiger partial charge >= 0.3 is 0 Å². The molecule has 0 heterocycles. The van der Waals surface area contributed by atoms with Crippen molar-refractivity contribution in [1.82, 2.24) is 9.80 Å². The summed E-state index contributed by atoms with van der Waals surface area (Å²) in [6.07, 6.45) is 4.14. The van der Waals surface area contributed by atoms with Gasteiger partial charge in [-0.05, 0) is 40.4 Å². The van der Waals surface area contributed by atoms with Crippen LogP contribution in [-0.4, -0.2) is 54.9 Å². The first kappa shape index (κ1) is 11.5. The predicted octanol–water partition coefficient (Wildman–Crippen LogP) is 1.80. The van der Waals surface area contributed by atoms with Gasteiger partial charge in [0.15, 0.2) is 0 Å². The van der Waals surface area contributed by atoms with Crippen LogP contribution in [0.15, 0.2) is 0 Å². The van der Waals surface area contributed by atoms with E-state index in [2.05, 4.69) is 46.9 Å². The fraction of sp³-hybridized carbons (Fsp3) is 1.00. The highest BCUT2D eigenvalue weighted by Gasteiger charge is 2.39.